The zero-order chi connectivity index (χ0) is 14.7. The fourth-order valence-corrected chi connectivity index (χ4v) is 2.96. The lowest BCUT2D eigenvalue weighted by molar-refractivity contribution is 0.0602. The van der Waals surface area contributed by atoms with Gasteiger partial charge in [0.15, 0.2) is 0 Å². The molecule has 0 radical (unpaired) electrons. The van der Waals surface area contributed by atoms with Crippen LogP contribution < -0.4 is 10.6 Å². The maximum absolute atomic E-state index is 11.8. The van der Waals surface area contributed by atoms with Crippen LogP contribution in [0, 0.1) is 12.8 Å². The molecule has 110 valence electrons. The second-order valence-corrected chi connectivity index (χ2v) is 5.75. The summed E-state index contributed by atoms with van der Waals surface area (Å²) in [6.07, 6.45) is 5.30. The van der Waals surface area contributed by atoms with Crippen molar-refractivity contribution in [3.05, 3.63) is 23.3 Å². The Balaban J connectivity index is 2.22. The van der Waals surface area contributed by atoms with Gasteiger partial charge in [0.05, 0.1) is 12.7 Å². The number of rotatable bonds is 4. The second kappa shape index (κ2) is 6.16. The minimum absolute atomic E-state index is 0.373. The number of nitrogens with zero attached hydrogens (tertiary/aromatic N) is 1. The minimum atomic E-state index is -0.373. The van der Waals surface area contributed by atoms with Gasteiger partial charge < -0.3 is 15.4 Å². The smallest absolute Gasteiger partial charge is 0.340 e. The lowest BCUT2D eigenvalue weighted by Gasteiger charge is -2.24. The molecule has 1 saturated carbocycles. The van der Waals surface area contributed by atoms with Gasteiger partial charge in [0.2, 0.25) is 0 Å². The maximum atomic E-state index is 11.8. The number of carbonyl (C=O) groups is 1. The number of nitrogens with two attached hydrogens (primary N) is 1. The van der Waals surface area contributed by atoms with Gasteiger partial charge in [0.25, 0.3) is 0 Å². The van der Waals surface area contributed by atoms with Crippen molar-refractivity contribution >= 4 is 17.3 Å². The van der Waals surface area contributed by atoms with E-state index < -0.39 is 0 Å². The summed E-state index contributed by atoms with van der Waals surface area (Å²) in [6.45, 7) is 2.96. The van der Waals surface area contributed by atoms with Crippen LogP contribution in [0.4, 0.5) is 11.4 Å². The zero-order valence-electron chi connectivity index (χ0n) is 12.6. The average Bonchev–Trinajstić information content (AvgIpc) is 2.93. The number of hydrogen-bond acceptors (Lipinski definition) is 4. The summed E-state index contributed by atoms with van der Waals surface area (Å²) in [5.41, 5.74) is 8.89. The molecule has 0 unspecified atom stereocenters. The molecule has 0 spiro atoms. The summed E-state index contributed by atoms with van der Waals surface area (Å²) in [4.78, 5) is 14.0. The summed E-state index contributed by atoms with van der Waals surface area (Å²) in [5.74, 6) is 0.390. The molecule has 0 saturated heterocycles. The Kier molecular flexibility index (Phi) is 4.53. The molecule has 1 aliphatic carbocycles. The van der Waals surface area contributed by atoms with Crippen molar-refractivity contribution in [3.63, 3.8) is 0 Å². The Morgan fingerprint density at radius 1 is 1.40 bits per heavy atom. The van der Waals surface area contributed by atoms with Gasteiger partial charge in [-0.15, -0.1) is 0 Å². The molecule has 4 heteroatoms. The van der Waals surface area contributed by atoms with Gasteiger partial charge in [-0.2, -0.15) is 0 Å². The van der Waals surface area contributed by atoms with Crippen LogP contribution in [0.2, 0.25) is 0 Å². The van der Waals surface area contributed by atoms with E-state index in [0.717, 1.165) is 23.7 Å². The van der Waals surface area contributed by atoms with Crippen LogP contribution in [0.1, 0.15) is 41.6 Å². The minimum Gasteiger partial charge on any atom is -0.465 e. The summed E-state index contributed by atoms with van der Waals surface area (Å²) >= 11 is 0. The summed E-state index contributed by atoms with van der Waals surface area (Å²) in [6, 6.07) is 3.87. The van der Waals surface area contributed by atoms with Crippen molar-refractivity contribution in [1.29, 1.82) is 0 Å². The summed E-state index contributed by atoms with van der Waals surface area (Å²) in [5, 5.41) is 0. The Hall–Kier alpha value is -1.71. The van der Waals surface area contributed by atoms with Gasteiger partial charge in [-0.3, -0.25) is 0 Å². The number of esters is 1. The predicted octanol–water partition coefficient (Wildman–Crippen LogP) is 2.99. The molecule has 4 nitrogen and oxygen atoms in total. The number of benzene rings is 1. The molecule has 0 amide bonds. The molecule has 0 aliphatic heterocycles. The SMILES string of the molecule is COC(=O)c1cc(N(C)CC2CCCC2)cc(C)c1N. The lowest BCUT2D eigenvalue weighted by Crippen LogP contribution is -2.24. The Bertz CT molecular complexity index is 493. The van der Waals surface area contributed by atoms with Gasteiger partial charge in [-0.1, -0.05) is 12.8 Å². The molecule has 1 aliphatic rings. The number of ether oxygens (including phenoxy) is 1. The van der Waals surface area contributed by atoms with E-state index in [9.17, 15) is 4.79 Å². The van der Waals surface area contributed by atoms with E-state index >= 15 is 0 Å². The van der Waals surface area contributed by atoms with Crippen LogP contribution in [0.3, 0.4) is 0 Å². The second-order valence-electron chi connectivity index (χ2n) is 5.75. The molecule has 2 rings (SSSR count). The first-order valence-electron chi connectivity index (χ1n) is 7.22. The number of methoxy groups -OCH3 is 1. The number of nitrogen functional groups attached to an aromatic ring is 1. The van der Waals surface area contributed by atoms with Crippen molar-refractivity contribution in [3.8, 4) is 0 Å². The van der Waals surface area contributed by atoms with Gasteiger partial charge in [-0.25, -0.2) is 4.79 Å². The standard InChI is InChI=1S/C16H24N2O2/c1-11-8-13(9-14(15(11)17)16(19)20-3)18(2)10-12-6-4-5-7-12/h8-9,12H,4-7,10,17H2,1-3H3. The Labute approximate surface area is 120 Å². The fourth-order valence-electron chi connectivity index (χ4n) is 2.96. The molecule has 1 aromatic carbocycles. The van der Waals surface area contributed by atoms with Gasteiger partial charge in [0.1, 0.15) is 0 Å². The molecule has 2 N–H and O–H groups in total. The van der Waals surface area contributed by atoms with Gasteiger partial charge >= 0.3 is 5.97 Å². The highest BCUT2D eigenvalue weighted by molar-refractivity contribution is 5.97. The van der Waals surface area contributed by atoms with E-state index in [0.29, 0.717) is 11.3 Å². The maximum Gasteiger partial charge on any atom is 0.340 e. The van der Waals surface area contributed by atoms with Crippen LogP contribution in [0.25, 0.3) is 0 Å². The number of carbonyl (C=O) groups excluding carboxylic acids is 1. The van der Waals surface area contributed by atoms with Gasteiger partial charge in [-0.05, 0) is 43.4 Å². The molecular formula is C16H24N2O2. The molecule has 1 fully saturated rings. The first-order chi connectivity index (χ1) is 9.52. The largest absolute Gasteiger partial charge is 0.465 e. The molecule has 0 atom stereocenters. The van der Waals surface area contributed by atoms with Crippen molar-refractivity contribution in [1.82, 2.24) is 0 Å². The van der Waals surface area contributed by atoms with E-state index in [1.54, 1.807) is 0 Å². The Morgan fingerprint density at radius 3 is 2.65 bits per heavy atom. The van der Waals surface area contributed by atoms with Crippen LogP contribution >= 0.6 is 0 Å². The normalized spacial score (nSPS) is 15.3. The molecule has 20 heavy (non-hydrogen) atoms. The van der Waals surface area contributed by atoms with Crippen molar-refractivity contribution in [2.45, 2.75) is 32.6 Å². The Morgan fingerprint density at radius 2 is 2.05 bits per heavy atom. The number of aryl methyl sites for hydroxylation is 1. The average molecular weight is 276 g/mol. The van der Waals surface area contributed by atoms with E-state index in [1.165, 1.54) is 32.8 Å². The predicted molar refractivity (Wildman–Crippen MR) is 82.2 cm³/mol. The highest BCUT2D eigenvalue weighted by Crippen LogP contribution is 2.29. The van der Waals surface area contributed by atoms with Crippen molar-refractivity contribution in [2.75, 3.05) is 31.3 Å². The highest BCUT2D eigenvalue weighted by Gasteiger charge is 2.19. The van der Waals surface area contributed by atoms with E-state index in [-0.39, 0.29) is 5.97 Å². The molecular weight excluding hydrogens is 252 g/mol. The topological polar surface area (TPSA) is 55.6 Å². The summed E-state index contributed by atoms with van der Waals surface area (Å²) in [7, 11) is 3.45. The van der Waals surface area contributed by atoms with E-state index in [2.05, 4.69) is 11.9 Å². The van der Waals surface area contributed by atoms with Crippen LogP contribution in [-0.2, 0) is 4.74 Å². The molecule has 0 bridgehead atoms. The summed E-state index contributed by atoms with van der Waals surface area (Å²) < 4.78 is 4.80. The third-order valence-corrected chi connectivity index (χ3v) is 4.22. The van der Waals surface area contributed by atoms with Crippen molar-refractivity contribution in [2.24, 2.45) is 5.92 Å². The fraction of sp³-hybridized carbons (Fsp3) is 0.562. The number of anilines is 2. The third kappa shape index (κ3) is 3.06. The third-order valence-electron chi connectivity index (χ3n) is 4.22. The molecule has 0 aromatic heterocycles. The lowest BCUT2D eigenvalue weighted by atomic mass is 10.0. The quantitative estimate of drug-likeness (QED) is 0.678. The monoisotopic (exact) mass is 276 g/mol. The first kappa shape index (κ1) is 14.7. The first-order valence-corrected chi connectivity index (χ1v) is 7.22. The van der Waals surface area contributed by atoms with Crippen LogP contribution in [-0.4, -0.2) is 26.7 Å². The highest BCUT2D eigenvalue weighted by atomic mass is 16.5. The van der Waals surface area contributed by atoms with E-state index in [1.807, 2.05) is 19.1 Å². The van der Waals surface area contributed by atoms with E-state index in [4.69, 9.17) is 10.5 Å². The van der Waals surface area contributed by atoms with Crippen molar-refractivity contribution < 1.29 is 9.53 Å². The number of hydrogen-bond donors (Lipinski definition) is 1. The van der Waals surface area contributed by atoms with Crippen LogP contribution in [0.15, 0.2) is 12.1 Å². The molecule has 0 heterocycles. The van der Waals surface area contributed by atoms with Crippen LogP contribution in [0.5, 0.6) is 0 Å². The zero-order valence-corrected chi connectivity index (χ0v) is 12.6. The molecule has 1 aromatic rings. The van der Waals surface area contributed by atoms with Gasteiger partial charge in [0, 0.05) is 25.0 Å².